The summed E-state index contributed by atoms with van der Waals surface area (Å²) in [7, 11) is 0. The fraction of sp³-hybridized carbons (Fsp3) is 0.400. The summed E-state index contributed by atoms with van der Waals surface area (Å²) in [5.41, 5.74) is 5.06. The fourth-order valence-electron chi connectivity index (χ4n) is 3.38. The van der Waals surface area contributed by atoms with Gasteiger partial charge in [0.2, 0.25) is 23.7 Å². The van der Waals surface area contributed by atoms with Gasteiger partial charge in [-0.1, -0.05) is 6.07 Å². The number of benzene rings is 1. The number of nitrogens with one attached hydrogen (secondary N) is 5. The highest BCUT2D eigenvalue weighted by Crippen LogP contribution is 2.23. The number of nitrogens with zero attached hydrogens (tertiary/aromatic N) is 2. The third-order valence-corrected chi connectivity index (χ3v) is 6.44. The van der Waals surface area contributed by atoms with Gasteiger partial charge in [0.1, 0.15) is 11.2 Å². The van der Waals surface area contributed by atoms with Crippen LogP contribution in [0.2, 0.25) is 0 Å². The minimum absolute atomic E-state index is 0.182. The van der Waals surface area contributed by atoms with Crippen LogP contribution in [-0.2, 0) is 28.7 Å². The van der Waals surface area contributed by atoms with Crippen LogP contribution in [0.5, 0.6) is 0 Å². The lowest BCUT2D eigenvalue weighted by molar-refractivity contribution is -0.148. The van der Waals surface area contributed by atoms with Crippen LogP contribution in [-0.4, -0.2) is 65.3 Å². The number of hydrogen-bond donors (Lipinski definition) is 6. The van der Waals surface area contributed by atoms with E-state index >= 15 is 0 Å². The largest absolute Gasteiger partial charge is 0.452 e. The van der Waals surface area contributed by atoms with E-state index in [2.05, 4.69) is 52.5 Å². The number of esters is 1. The summed E-state index contributed by atoms with van der Waals surface area (Å²) in [4.78, 5) is 67.6. The van der Waals surface area contributed by atoms with Crippen molar-refractivity contribution in [3.8, 4) is 0 Å². The molecule has 0 spiro atoms. The molecule has 2 heterocycles. The standard InChI is InChI=1S/C25H31BrN8O6/c1-25(2,22(27)38)23(39)29-10-4-9-28-20-16(26)12-31-24(34-20)33-15-6-3-5-14(11-15)32-18(35)13-30-21(37)17-7-8-19(36)40-17/h3,5-6,11-12,17H,4,7-10,13H2,1-2H3,(H2,27,38)(H,29,39)(H,30,37)(H,32,35)(H2,28,31,33,34). The molecule has 1 aliphatic heterocycles. The van der Waals surface area contributed by atoms with Crippen molar-refractivity contribution >= 4 is 68.7 Å². The van der Waals surface area contributed by atoms with Gasteiger partial charge < -0.3 is 37.1 Å². The maximum absolute atomic E-state index is 12.3. The second-order valence-corrected chi connectivity index (χ2v) is 10.3. The molecule has 0 bridgehead atoms. The average Bonchev–Trinajstić information content (AvgIpc) is 3.35. The van der Waals surface area contributed by atoms with Gasteiger partial charge in [0.15, 0.2) is 6.10 Å². The van der Waals surface area contributed by atoms with Crippen LogP contribution >= 0.6 is 15.9 Å². The van der Waals surface area contributed by atoms with E-state index in [1.807, 2.05) is 0 Å². The Morgan fingerprint density at radius 3 is 2.60 bits per heavy atom. The predicted octanol–water partition coefficient (Wildman–Crippen LogP) is 1.17. The number of carbonyl (C=O) groups is 5. The Balaban J connectivity index is 1.47. The number of hydrogen-bond acceptors (Lipinski definition) is 10. The lowest BCUT2D eigenvalue weighted by Crippen LogP contribution is -2.46. The minimum atomic E-state index is -1.28. The first-order valence-electron chi connectivity index (χ1n) is 12.4. The lowest BCUT2D eigenvalue weighted by atomic mass is 9.91. The molecule has 7 N–H and O–H groups in total. The van der Waals surface area contributed by atoms with E-state index in [0.717, 1.165) is 0 Å². The van der Waals surface area contributed by atoms with Crippen LogP contribution in [0, 0.1) is 5.41 Å². The molecule has 14 nitrogen and oxygen atoms in total. The van der Waals surface area contributed by atoms with Crippen molar-refractivity contribution in [2.75, 3.05) is 35.6 Å². The maximum Gasteiger partial charge on any atom is 0.306 e. The van der Waals surface area contributed by atoms with E-state index in [1.54, 1.807) is 30.5 Å². The summed E-state index contributed by atoms with van der Waals surface area (Å²) < 4.78 is 5.51. The molecule has 40 heavy (non-hydrogen) atoms. The molecular formula is C25H31BrN8O6. The summed E-state index contributed by atoms with van der Waals surface area (Å²) in [5, 5.41) is 14.1. The monoisotopic (exact) mass is 618 g/mol. The zero-order chi connectivity index (χ0) is 29.3. The summed E-state index contributed by atoms with van der Waals surface area (Å²) in [6.07, 6.45) is 1.75. The molecule has 1 aromatic carbocycles. The molecule has 0 radical (unpaired) electrons. The van der Waals surface area contributed by atoms with Gasteiger partial charge in [-0.2, -0.15) is 4.98 Å². The van der Waals surface area contributed by atoms with Gasteiger partial charge >= 0.3 is 5.97 Å². The van der Waals surface area contributed by atoms with Crippen molar-refractivity contribution in [1.29, 1.82) is 0 Å². The first kappa shape index (κ1) is 30.3. The molecule has 1 fully saturated rings. The number of rotatable bonds is 13. The number of aromatic nitrogens is 2. The van der Waals surface area contributed by atoms with Gasteiger partial charge in [-0.3, -0.25) is 24.0 Å². The number of halogens is 1. The number of nitrogens with two attached hydrogens (primary N) is 1. The van der Waals surface area contributed by atoms with E-state index in [4.69, 9.17) is 10.5 Å². The number of carbonyl (C=O) groups excluding carboxylic acids is 5. The van der Waals surface area contributed by atoms with Crippen LogP contribution in [0.4, 0.5) is 23.1 Å². The molecular weight excluding hydrogens is 588 g/mol. The van der Waals surface area contributed by atoms with Gasteiger partial charge in [0.25, 0.3) is 5.91 Å². The van der Waals surface area contributed by atoms with Crippen LogP contribution in [0.3, 0.4) is 0 Å². The Bertz CT molecular complexity index is 1290. The molecule has 0 aliphatic carbocycles. The Hall–Kier alpha value is -4.27. The van der Waals surface area contributed by atoms with Crippen LogP contribution in [0.15, 0.2) is 34.9 Å². The molecule has 1 aliphatic rings. The minimum Gasteiger partial charge on any atom is -0.452 e. The smallest absolute Gasteiger partial charge is 0.306 e. The van der Waals surface area contributed by atoms with Gasteiger partial charge in [0, 0.05) is 43.5 Å². The molecule has 0 saturated carbocycles. The van der Waals surface area contributed by atoms with Crippen molar-refractivity contribution in [2.24, 2.45) is 11.1 Å². The summed E-state index contributed by atoms with van der Waals surface area (Å²) in [5.74, 6) is -1.70. The summed E-state index contributed by atoms with van der Waals surface area (Å²) in [6, 6.07) is 6.84. The van der Waals surface area contributed by atoms with Crippen molar-refractivity contribution in [3.05, 3.63) is 34.9 Å². The van der Waals surface area contributed by atoms with Crippen molar-refractivity contribution < 1.29 is 28.7 Å². The summed E-state index contributed by atoms with van der Waals surface area (Å²) in [6.45, 7) is 3.48. The zero-order valence-corrected chi connectivity index (χ0v) is 23.6. The first-order valence-corrected chi connectivity index (χ1v) is 13.2. The van der Waals surface area contributed by atoms with Crippen molar-refractivity contribution in [2.45, 2.75) is 39.2 Å². The topological polar surface area (TPSA) is 207 Å². The maximum atomic E-state index is 12.3. The molecule has 1 atom stereocenters. The average molecular weight is 619 g/mol. The Kier molecular flexibility index (Phi) is 10.4. The van der Waals surface area contributed by atoms with E-state index in [-0.39, 0.29) is 13.0 Å². The van der Waals surface area contributed by atoms with Crippen LogP contribution < -0.4 is 32.3 Å². The van der Waals surface area contributed by atoms with E-state index in [1.165, 1.54) is 13.8 Å². The van der Waals surface area contributed by atoms with Crippen molar-refractivity contribution in [1.82, 2.24) is 20.6 Å². The molecule has 1 saturated heterocycles. The summed E-state index contributed by atoms with van der Waals surface area (Å²) >= 11 is 3.40. The van der Waals surface area contributed by atoms with Crippen molar-refractivity contribution in [3.63, 3.8) is 0 Å². The van der Waals surface area contributed by atoms with Gasteiger partial charge in [-0.05, 0) is 54.4 Å². The first-order chi connectivity index (χ1) is 19.0. The second kappa shape index (κ2) is 13.7. The van der Waals surface area contributed by atoms with Gasteiger partial charge in [-0.15, -0.1) is 0 Å². The third kappa shape index (κ3) is 8.62. The number of anilines is 4. The van der Waals surface area contributed by atoms with E-state index in [0.29, 0.717) is 53.5 Å². The lowest BCUT2D eigenvalue weighted by Gasteiger charge is -2.19. The molecule has 3 rings (SSSR count). The number of cyclic esters (lactones) is 1. The number of primary amides is 1. The molecule has 1 unspecified atom stereocenters. The molecule has 1 aromatic heterocycles. The van der Waals surface area contributed by atoms with E-state index < -0.39 is 41.1 Å². The highest BCUT2D eigenvalue weighted by atomic mass is 79.9. The number of amides is 4. The van der Waals surface area contributed by atoms with E-state index in [9.17, 15) is 24.0 Å². The Labute approximate surface area is 238 Å². The molecule has 2 aromatic rings. The van der Waals surface area contributed by atoms with Crippen LogP contribution in [0.1, 0.15) is 33.1 Å². The quantitative estimate of drug-likeness (QED) is 0.107. The van der Waals surface area contributed by atoms with Gasteiger partial charge in [0.05, 0.1) is 11.0 Å². The number of ether oxygens (including phenoxy) is 1. The predicted molar refractivity (Wildman–Crippen MR) is 149 cm³/mol. The highest BCUT2D eigenvalue weighted by molar-refractivity contribution is 9.10. The fourth-order valence-corrected chi connectivity index (χ4v) is 3.71. The Morgan fingerprint density at radius 1 is 1.15 bits per heavy atom. The van der Waals surface area contributed by atoms with Gasteiger partial charge in [-0.25, -0.2) is 4.98 Å². The SMILES string of the molecule is CC(C)(C(N)=O)C(=O)NCCCNc1nc(Nc2cccc(NC(=O)CNC(=O)C3CCC(=O)O3)c2)ncc1Br. The molecule has 15 heteroatoms. The highest BCUT2D eigenvalue weighted by Gasteiger charge is 2.33. The third-order valence-electron chi connectivity index (χ3n) is 5.86. The zero-order valence-electron chi connectivity index (χ0n) is 22.0. The molecule has 214 valence electrons. The Morgan fingerprint density at radius 2 is 1.90 bits per heavy atom. The van der Waals surface area contributed by atoms with Crippen LogP contribution in [0.25, 0.3) is 0 Å². The molecule has 4 amide bonds. The normalized spacial score (nSPS) is 14.6. The second-order valence-electron chi connectivity index (χ2n) is 9.40.